The molecule has 214 valence electrons. The Balaban J connectivity index is 1.66. The number of aromatic nitrogens is 1. The van der Waals surface area contributed by atoms with Gasteiger partial charge in [-0.3, -0.25) is 19.3 Å². The van der Waals surface area contributed by atoms with Crippen LogP contribution in [0.2, 0.25) is 0 Å². The van der Waals surface area contributed by atoms with Crippen LogP contribution in [0, 0.1) is 0 Å². The number of allylic oxidation sites excluding steroid dienone is 2. The highest BCUT2D eigenvalue weighted by Crippen LogP contribution is 2.34. The Morgan fingerprint density at radius 1 is 0.833 bits per heavy atom. The first-order valence-corrected chi connectivity index (χ1v) is 14.5. The van der Waals surface area contributed by atoms with E-state index in [0.717, 1.165) is 42.4 Å². The fraction of sp³-hybridized carbons (Fsp3) is 0.222. The number of benzene rings is 3. The van der Waals surface area contributed by atoms with Gasteiger partial charge in [-0.15, -0.1) is 13.2 Å². The van der Waals surface area contributed by atoms with E-state index in [4.69, 9.17) is 4.74 Å². The van der Waals surface area contributed by atoms with Gasteiger partial charge in [-0.25, -0.2) is 0 Å². The molecule has 0 N–H and O–H groups in total. The van der Waals surface area contributed by atoms with Crippen molar-refractivity contribution in [1.29, 1.82) is 0 Å². The molecule has 6 heteroatoms. The van der Waals surface area contributed by atoms with Crippen LogP contribution in [0.25, 0.3) is 0 Å². The summed E-state index contributed by atoms with van der Waals surface area (Å²) in [6.07, 6.45) is 8.76. The summed E-state index contributed by atoms with van der Waals surface area (Å²) in [7, 11) is 0. The maximum absolute atomic E-state index is 14.1. The van der Waals surface area contributed by atoms with Crippen molar-refractivity contribution in [3.05, 3.63) is 161 Å². The average molecular weight is 560 g/mol. The van der Waals surface area contributed by atoms with Crippen LogP contribution < -0.4 is 15.2 Å². The quantitative estimate of drug-likeness (QED) is 0.136. The lowest BCUT2D eigenvalue weighted by Crippen LogP contribution is -2.56. The molecule has 3 aromatic carbocycles. The van der Waals surface area contributed by atoms with Gasteiger partial charge in [0.05, 0.1) is 6.04 Å². The van der Waals surface area contributed by atoms with E-state index in [1.165, 1.54) is 11.6 Å². The lowest BCUT2D eigenvalue weighted by Gasteiger charge is -2.44. The van der Waals surface area contributed by atoms with Gasteiger partial charge in [0.2, 0.25) is 5.43 Å². The molecule has 1 atom stereocenters. The molecule has 1 aliphatic rings. The molecule has 0 radical (unpaired) electrons. The van der Waals surface area contributed by atoms with E-state index >= 15 is 0 Å². The highest BCUT2D eigenvalue weighted by Gasteiger charge is 2.37. The van der Waals surface area contributed by atoms with E-state index in [1.54, 1.807) is 6.20 Å². The number of amides is 1. The number of aryl methyl sites for hydroxylation is 1. The molecule has 4 aromatic rings. The van der Waals surface area contributed by atoms with Crippen LogP contribution >= 0.6 is 0 Å². The van der Waals surface area contributed by atoms with Gasteiger partial charge in [-0.05, 0) is 47.9 Å². The van der Waals surface area contributed by atoms with Crippen molar-refractivity contribution in [2.24, 2.45) is 0 Å². The number of unbranched alkanes of at least 4 members (excludes halogenated alkanes) is 1. The lowest BCUT2D eigenvalue weighted by molar-refractivity contribution is 0.0674. The SMILES string of the molecule is C=CCCCN1CN([C@@H](c2ccccc2)c2ccccc2CCC=C)n2ccc(=O)c(OCc3ccccc3)c2C1=O. The molecule has 42 heavy (non-hydrogen) atoms. The maximum Gasteiger partial charge on any atom is 0.277 e. The van der Waals surface area contributed by atoms with Crippen molar-refractivity contribution >= 4 is 5.91 Å². The minimum Gasteiger partial charge on any atom is -0.482 e. The summed E-state index contributed by atoms with van der Waals surface area (Å²) in [5.41, 5.74) is 4.28. The molecule has 0 spiro atoms. The second kappa shape index (κ2) is 13.7. The third-order valence-corrected chi connectivity index (χ3v) is 7.56. The molecule has 6 nitrogen and oxygen atoms in total. The largest absolute Gasteiger partial charge is 0.482 e. The van der Waals surface area contributed by atoms with Gasteiger partial charge in [0.1, 0.15) is 13.3 Å². The molecule has 1 amide bonds. The molecule has 0 saturated carbocycles. The monoisotopic (exact) mass is 559 g/mol. The van der Waals surface area contributed by atoms with E-state index < -0.39 is 0 Å². The fourth-order valence-electron chi connectivity index (χ4n) is 5.48. The van der Waals surface area contributed by atoms with Gasteiger partial charge in [0.25, 0.3) is 5.91 Å². The predicted octanol–water partition coefficient (Wildman–Crippen LogP) is 6.65. The summed E-state index contributed by atoms with van der Waals surface area (Å²) in [6.45, 7) is 8.84. The van der Waals surface area contributed by atoms with Gasteiger partial charge < -0.3 is 9.64 Å². The molecule has 1 aliphatic heterocycles. The topological polar surface area (TPSA) is 54.8 Å². The summed E-state index contributed by atoms with van der Waals surface area (Å²) in [6, 6.07) is 29.7. The Kier molecular flexibility index (Phi) is 9.34. The molecule has 0 saturated heterocycles. The normalized spacial score (nSPS) is 13.4. The number of ether oxygens (including phenoxy) is 1. The van der Waals surface area contributed by atoms with Crippen molar-refractivity contribution in [2.75, 3.05) is 18.2 Å². The minimum atomic E-state index is -0.318. The van der Waals surface area contributed by atoms with Gasteiger partial charge in [-0.1, -0.05) is 97.1 Å². The minimum absolute atomic E-state index is 0.0662. The Morgan fingerprint density at radius 3 is 2.26 bits per heavy atom. The van der Waals surface area contributed by atoms with Crippen LogP contribution in [-0.4, -0.2) is 28.7 Å². The second-order valence-corrected chi connectivity index (χ2v) is 10.4. The zero-order valence-electron chi connectivity index (χ0n) is 23.9. The second-order valence-electron chi connectivity index (χ2n) is 10.4. The molecular weight excluding hydrogens is 522 g/mol. The van der Waals surface area contributed by atoms with Crippen LogP contribution in [0.5, 0.6) is 5.75 Å². The summed E-state index contributed by atoms with van der Waals surface area (Å²) in [4.78, 5) is 29.1. The highest BCUT2D eigenvalue weighted by molar-refractivity contribution is 5.96. The number of carbonyl (C=O) groups is 1. The van der Waals surface area contributed by atoms with Crippen molar-refractivity contribution in [3.8, 4) is 5.75 Å². The lowest BCUT2D eigenvalue weighted by atomic mass is 9.91. The van der Waals surface area contributed by atoms with Crippen molar-refractivity contribution in [3.63, 3.8) is 0 Å². The van der Waals surface area contributed by atoms with Crippen molar-refractivity contribution in [1.82, 2.24) is 9.58 Å². The fourth-order valence-corrected chi connectivity index (χ4v) is 5.48. The smallest absolute Gasteiger partial charge is 0.277 e. The van der Waals surface area contributed by atoms with Crippen LogP contribution in [0.3, 0.4) is 0 Å². The Morgan fingerprint density at radius 2 is 1.52 bits per heavy atom. The zero-order chi connectivity index (χ0) is 29.3. The standard InChI is InChI=1S/C36H37N3O3/c1-3-5-15-24-37-27-39(33(30-20-11-8-12-21-30)31-22-14-13-19-29(31)18-6-4-2)38-25-23-32(40)35(34(38)36(37)41)42-26-28-16-9-7-10-17-28/h3-4,7-14,16-17,19-23,25,33H,1-2,5-6,15,18,24,26-27H2/t33-/m0/s1. The summed E-state index contributed by atoms with van der Waals surface area (Å²) >= 11 is 0. The predicted molar refractivity (Wildman–Crippen MR) is 168 cm³/mol. The number of hydrogen-bond donors (Lipinski definition) is 0. The molecule has 0 aliphatic carbocycles. The van der Waals surface area contributed by atoms with Gasteiger partial charge in [-0.2, -0.15) is 0 Å². The number of nitrogens with zero attached hydrogens (tertiary/aromatic N) is 3. The van der Waals surface area contributed by atoms with Gasteiger partial charge in [0.15, 0.2) is 11.4 Å². The van der Waals surface area contributed by atoms with Gasteiger partial charge in [0, 0.05) is 18.8 Å². The van der Waals surface area contributed by atoms with Gasteiger partial charge >= 0.3 is 0 Å². The molecular formula is C36H37N3O3. The van der Waals surface area contributed by atoms with E-state index in [9.17, 15) is 9.59 Å². The van der Waals surface area contributed by atoms with E-state index in [0.29, 0.717) is 13.2 Å². The molecule has 2 heterocycles. The van der Waals surface area contributed by atoms with Crippen LogP contribution in [0.1, 0.15) is 58.0 Å². The first kappa shape index (κ1) is 28.7. The number of carbonyl (C=O) groups excluding carboxylic acids is 1. The number of fused-ring (bicyclic) bond motifs is 1. The molecule has 0 bridgehead atoms. The Labute approximate surface area is 247 Å². The average Bonchev–Trinajstić information content (AvgIpc) is 3.03. The number of rotatable bonds is 13. The maximum atomic E-state index is 14.1. The highest BCUT2D eigenvalue weighted by atomic mass is 16.5. The molecule has 0 unspecified atom stereocenters. The number of pyridine rings is 1. The van der Waals surface area contributed by atoms with Crippen molar-refractivity contribution in [2.45, 2.75) is 38.3 Å². The first-order valence-electron chi connectivity index (χ1n) is 14.5. The number of hydrogen-bond acceptors (Lipinski definition) is 4. The van der Waals surface area contributed by atoms with E-state index in [-0.39, 0.29) is 35.4 Å². The van der Waals surface area contributed by atoms with E-state index in [1.807, 2.05) is 70.3 Å². The Hall–Kier alpha value is -4.84. The van der Waals surface area contributed by atoms with Crippen molar-refractivity contribution < 1.29 is 9.53 Å². The van der Waals surface area contributed by atoms with Crippen LogP contribution in [0.15, 0.2) is 127 Å². The Bertz CT molecular complexity index is 1580. The molecule has 1 aromatic heterocycles. The van der Waals surface area contributed by atoms with E-state index in [2.05, 4.69) is 54.6 Å². The zero-order valence-corrected chi connectivity index (χ0v) is 23.9. The third-order valence-electron chi connectivity index (χ3n) is 7.56. The first-order chi connectivity index (χ1) is 20.6. The molecule has 5 rings (SSSR count). The summed E-state index contributed by atoms with van der Waals surface area (Å²) in [5, 5.41) is 2.17. The summed E-state index contributed by atoms with van der Waals surface area (Å²) in [5.74, 6) is -0.153. The molecule has 0 fully saturated rings. The van der Waals surface area contributed by atoms with Crippen LogP contribution in [0.4, 0.5) is 0 Å². The summed E-state index contributed by atoms with van der Waals surface area (Å²) < 4.78 is 7.98. The third kappa shape index (κ3) is 6.23. The van der Waals surface area contributed by atoms with Crippen LogP contribution in [-0.2, 0) is 13.0 Å².